The topological polar surface area (TPSA) is 0 Å². The van der Waals surface area contributed by atoms with Gasteiger partial charge in [-0.05, 0) is 0 Å². The standard InChI is InChI=1S/2C12H10Ge.C4H12Si2/c2*1-3-7-11(8-4-1)13-12-9-5-2-6-10-12;1-5(2)6(3)4/h2*1-10H;1-4H3. The zero-order valence-electron chi connectivity index (χ0n) is 19.5. The van der Waals surface area contributed by atoms with Crippen molar-refractivity contribution in [1.82, 2.24) is 0 Å². The van der Waals surface area contributed by atoms with Gasteiger partial charge in [-0.25, -0.2) is 0 Å². The molecule has 4 rings (SSSR count). The molecule has 0 aliphatic rings. The molecule has 0 N–H and O–H groups in total. The molecule has 0 spiro atoms. The van der Waals surface area contributed by atoms with E-state index < -0.39 is 0 Å². The fourth-order valence-corrected chi connectivity index (χ4v) is 6.83. The summed E-state index contributed by atoms with van der Waals surface area (Å²) in [6, 6.07) is 42.9. The van der Waals surface area contributed by atoms with Crippen LogP contribution >= 0.6 is 0 Å². The SMILES string of the molecule is C[Si](C)[Si](C)C.c1cc[c]([Ge][c]2ccccc2)cc1.c1cc[c]([Ge][c]2ccccc2)cc1. The van der Waals surface area contributed by atoms with E-state index in [-0.39, 0.29) is 47.5 Å². The average molecular weight is 570 g/mol. The molecular formula is C28H32Ge2Si2. The molecule has 4 aromatic rings. The molecule has 0 unspecified atom stereocenters. The zero-order chi connectivity index (χ0) is 23.0. The molecule has 0 saturated carbocycles. The number of rotatable bonds is 5. The quantitative estimate of drug-likeness (QED) is 0.315. The summed E-state index contributed by atoms with van der Waals surface area (Å²) in [5.74, 6) is 0. The third kappa shape index (κ3) is 11.9. The Bertz CT molecular complexity index is 803. The number of benzene rings is 4. The molecular weight excluding hydrogens is 538 g/mol. The van der Waals surface area contributed by atoms with Crippen molar-refractivity contribution in [3.05, 3.63) is 121 Å². The van der Waals surface area contributed by atoms with Crippen molar-refractivity contribution in [3.8, 4) is 0 Å². The number of hydrogen-bond donors (Lipinski definition) is 0. The van der Waals surface area contributed by atoms with Gasteiger partial charge in [0.15, 0.2) is 0 Å². The molecule has 0 aromatic heterocycles. The van der Waals surface area contributed by atoms with Crippen LogP contribution in [0.3, 0.4) is 0 Å². The Morgan fingerprint density at radius 1 is 0.344 bits per heavy atom. The van der Waals surface area contributed by atoms with E-state index in [0.29, 0.717) is 0 Å². The molecule has 0 fully saturated rings. The Hall–Kier alpha value is -1.60. The maximum absolute atomic E-state index is 2.39. The normalized spacial score (nSPS) is 10.1. The van der Waals surface area contributed by atoms with Gasteiger partial charge in [-0.1, -0.05) is 26.2 Å². The van der Waals surface area contributed by atoms with Crippen molar-refractivity contribution in [2.24, 2.45) is 0 Å². The summed E-state index contributed by atoms with van der Waals surface area (Å²) in [6.07, 6.45) is 0. The fraction of sp³-hybridized carbons (Fsp3) is 0.143. The Kier molecular flexibility index (Phi) is 13.4. The molecule has 0 heterocycles. The van der Waals surface area contributed by atoms with Gasteiger partial charge in [0.1, 0.15) is 0 Å². The van der Waals surface area contributed by atoms with E-state index >= 15 is 0 Å². The molecule has 0 amide bonds. The van der Waals surface area contributed by atoms with Crippen molar-refractivity contribution < 1.29 is 0 Å². The van der Waals surface area contributed by atoms with Gasteiger partial charge in [0.05, 0.1) is 0 Å². The van der Waals surface area contributed by atoms with Gasteiger partial charge in [-0.2, -0.15) is 0 Å². The Labute approximate surface area is 211 Å². The van der Waals surface area contributed by atoms with Crippen molar-refractivity contribution in [3.63, 3.8) is 0 Å². The van der Waals surface area contributed by atoms with E-state index in [2.05, 4.69) is 148 Å². The van der Waals surface area contributed by atoms with Crippen LogP contribution < -0.4 is 17.6 Å². The Morgan fingerprint density at radius 2 is 0.531 bits per heavy atom. The predicted molar refractivity (Wildman–Crippen MR) is 151 cm³/mol. The molecule has 4 heteroatoms. The van der Waals surface area contributed by atoms with Gasteiger partial charge >= 0.3 is 170 Å². The first-order valence-corrected chi connectivity index (χ1v) is 21.1. The summed E-state index contributed by atoms with van der Waals surface area (Å²) in [5, 5.41) is 0. The molecule has 0 aliphatic carbocycles. The molecule has 4 aromatic carbocycles. The molecule has 0 aliphatic heterocycles. The van der Waals surface area contributed by atoms with E-state index in [4.69, 9.17) is 0 Å². The van der Waals surface area contributed by atoms with E-state index in [1.54, 1.807) is 0 Å². The minimum atomic E-state index is -0.108. The van der Waals surface area contributed by atoms with Gasteiger partial charge in [0.25, 0.3) is 0 Å². The third-order valence-electron chi connectivity index (χ3n) is 4.67. The third-order valence-corrected chi connectivity index (χ3v) is 17.9. The first kappa shape index (κ1) is 26.7. The Balaban J connectivity index is 0.000000183. The summed E-state index contributed by atoms with van der Waals surface area (Å²) < 4.78 is 5.98. The van der Waals surface area contributed by atoms with E-state index in [1.165, 1.54) is 17.6 Å². The summed E-state index contributed by atoms with van der Waals surface area (Å²) in [6.45, 7) is 9.55. The van der Waals surface area contributed by atoms with Crippen LogP contribution in [0, 0.1) is 0 Å². The van der Waals surface area contributed by atoms with Crippen molar-refractivity contribution in [2.45, 2.75) is 26.2 Å². The summed E-state index contributed by atoms with van der Waals surface area (Å²) in [7, 11) is 0.300. The molecule has 6 radical (unpaired) electrons. The monoisotopic (exact) mass is 572 g/mol. The first-order chi connectivity index (χ1) is 15.5. The molecule has 160 valence electrons. The van der Waals surface area contributed by atoms with Crippen LogP contribution in [0.25, 0.3) is 0 Å². The second-order valence-corrected chi connectivity index (χ2v) is 23.6. The first-order valence-electron chi connectivity index (χ1n) is 10.9. The van der Waals surface area contributed by atoms with E-state index in [9.17, 15) is 0 Å². The molecule has 32 heavy (non-hydrogen) atoms. The van der Waals surface area contributed by atoms with Crippen LogP contribution in [-0.2, 0) is 0 Å². The zero-order valence-corrected chi connectivity index (χ0v) is 25.7. The van der Waals surface area contributed by atoms with Crippen LogP contribution in [0.4, 0.5) is 0 Å². The van der Waals surface area contributed by atoms with Gasteiger partial charge < -0.3 is 0 Å². The second-order valence-electron chi connectivity index (χ2n) is 7.71. The van der Waals surface area contributed by atoms with Crippen LogP contribution in [0.15, 0.2) is 121 Å². The maximum atomic E-state index is 2.39. The van der Waals surface area contributed by atoms with E-state index in [0.717, 1.165) is 0 Å². The van der Waals surface area contributed by atoms with Gasteiger partial charge in [-0.3, -0.25) is 0 Å². The molecule has 0 bridgehead atoms. The minimum absolute atomic E-state index is 0.108. The predicted octanol–water partition coefficient (Wildman–Crippen LogP) is 4.26. The molecule has 0 atom stereocenters. The van der Waals surface area contributed by atoms with Crippen molar-refractivity contribution in [2.75, 3.05) is 0 Å². The number of hydrogen-bond acceptors (Lipinski definition) is 0. The summed E-state index contributed by atoms with van der Waals surface area (Å²) in [5.41, 5.74) is 0. The Morgan fingerprint density at radius 3 is 0.688 bits per heavy atom. The van der Waals surface area contributed by atoms with Crippen molar-refractivity contribution in [1.29, 1.82) is 0 Å². The van der Waals surface area contributed by atoms with Gasteiger partial charge in [0.2, 0.25) is 0 Å². The second kappa shape index (κ2) is 16.1. The fourth-order valence-electron chi connectivity index (χ4n) is 2.42. The summed E-state index contributed by atoms with van der Waals surface area (Å²) >= 11 is -0.216. The van der Waals surface area contributed by atoms with Crippen LogP contribution in [0.1, 0.15) is 0 Å². The van der Waals surface area contributed by atoms with Crippen LogP contribution in [0.2, 0.25) is 26.2 Å². The van der Waals surface area contributed by atoms with E-state index in [1.807, 2.05) is 0 Å². The molecule has 0 nitrogen and oxygen atoms in total. The average Bonchev–Trinajstić information content (AvgIpc) is 2.83. The molecule has 0 saturated heterocycles. The van der Waals surface area contributed by atoms with Gasteiger partial charge in [0, 0.05) is 16.6 Å². The van der Waals surface area contributed by atoms with Crippen LogP contribution in [-0.4, -0.2) is 47.5 Å². The summed E-state index contributed by atoms with van der Waals surface area (Å²) in [4.78, 5) is 0. The van der Waals surface area contributed by atoms with Crippen molar-refractivity contribution >= 4 is 65.1 Å². The van der Waals surface area contributed by atoms with Crippen LogP contribution in [0.5, 0.6) is 0 Å². The van der Waals surface area contributed by atoms with Gasteiger partial charge in [-0.15, -0.1) is 0 Å².